The van der Waals surface area contributed by atoms with Crippen molar-refractivity contribution in [3.63, 3.8) is 0 Å². The molecule has 0 saturated heterocycles. The zero-order valence-electron chi connectivity index (χ0n) is 13.8. The fraction of sp³-hybridized carbons (Fsp3) is 0.158. The van der Waals surface area contributed by atoms with Crippen molar-refractivity contribution in [2.24, 2.45) is 0 Å². The molecule has 0 aliphatic rings. The van der Waals surface area contributed by atoms with E-state index in [0.717, 1.165) is 11.3 Å². The number of hydrogen-bond donors (Lipinski definition) is 1. The first-order valence-electron chi connectivity index (χ1n) is 7.94. The van der Waals surface area contributed by atoms with E-state index in [1.165, 1.54) is 0 Å². The zero-order valence-corrected chi connectivity index (χ0v) is 13.8. The van der Waals surface area contributed by atoms with Crippen LogP contribution in [0.2, 0.25) is 0 Å². The van der Waals surface area contributed by atoms with Crippen LogP contribution in [0.5, 0.6) is 5.75 Å². The number of carbonyl (C=O) groups is 1. The monoisotopic (exact) mass is 334 g/mol. The lowest BCUT2D eigenvalue weighted by Gasteiger charge is -2.15. The minimum Gasteiger partial charge on any atom is -0.481 e. The molecule has 3 aromatic rings. The summed E-state index contributed by atoms with van der Waals surface area (Å²) in [5.41, 5.74) is 2.32. The van der Waals surface area contributed by atoms with Crippen LogP contribution in [-0.4, -0.2) is 27.0 Å². The molecule has 0 radical (unpaired) electrons. The Labute approximate surface area is 145 Å². The average molecular weight is 334 g/mol. The van der Waals surface area contributed by atoms with Gasteiger partial charge in [0, 0.05) is 30.4 Å². The van der Waals surface area contributed by atoms with Crippen LogP contribution >= 0.6 is 0 Å². The van der Waals surface area contributed by atoms with Gasteiger partial charge in [-0.3, -0.25) is 19.7 Å². The van der Waals surface area contributed by atoms with Gasteiger partial charge in [0.05, 0.1) is 17.9 Å². The first-order chi connectivity index (χ1) is 12.2. The summed E-state index contributed by atoms with van der Waals surface area (Å²) >= 11 is 0. The number of benzene rings is 1. The van der Waals surface area contributed by atoms with Gasteiger partial charge < -0.3 is 10.1 Å². The molecule has 0 saturated carbocycles. The Morgan fingerprint density at radius 1 is 1.04 bits per heavy atom. The van der Waals surface area contributed by atoms with Crippen molar-refractivity contribution in [3.8, 4) is 17.0 Å². The van der Waals surface area contributed by atoms with E-state index in [2.05, 4.69) is 20.3 Å². The molecule has 1 aromatic carbocycles. The highest BCUT2D eigenvalue weighted by molar-refractivity contribution is 5.80. The quantitative estimate of drug-likeness (QED) is 0.750. The minimum atomic E-state index is -0.608. The van der Waals surface area contributed by atoms with Crippen LogP contribution in [0.4, 0.5) is 0 Å². The summed E-state index contributed by atoms with van der Waals surface area (Å²) < 4.78 is 5.62. The first kappa shape index (κ1) is 16.6. The maximum atomic E-state index is 12.3. The summed E-state index contributed by atoms with van der Waals surface area (Å²) in [6, 6.07) is 13.0. The Morgan fingerprint density at radius 3 is 2.52 bits per heavy atom. The molecule has 1 atom stereocenters. The van der Waals surface area contributed by atoms with Crippen molar-refractivity contribution in [2.45, 2.75) is 19.6 Å². The van der Waals surface area contributed by atoms with Gasteiger partial charge >= 0.3 is 0 Å². The molecule has 0 aliphatic heterocycles. The van der Waals surface area contributed by atoms with E-state index >= 15 is 0 Å². The number of aromatic nitrogens is 3. The standard InChI is InChI=1S/C19H18N4O2/c1-14(25-16-5-3-2-4-6-16)19(24)23-13-17-18(22-12-11-21-17)15-7-9-20-10-8-15/h2-12,14H,13H2,1H3,(H,23,24). The lowest BCUT2D eigenvalue weighted by atomic mass is 10.1. The number of carbonyl (C=O) groups excluding carboxylic acids is 1. The molecule has 25 heavy (non-hydrogen) atoms. The summed E-state index contributed by atoms with van der Waals surface area (Å²) in [5, 5.41) is 2.85. The van der Waals surface area contributed by atoms with E-state index in [9.17, 15) is 4.79 Å². The van der Waals surface area contributed by atoms with Crippen molar-refractivity contribution in [1.29, 1.82) is 0 Å². The van der Waals surface area contributed by atoms with Gasteiger partial charge in [0.2, 0.25) is 0 Å². The molecule has 0 bridgehead atoms. The van der Waals surface area contributed by atoms with Gasteiger partial charge in [-0.15, -0.1) is 0 Å². The van der Waals surface area contributed by atoms with Gasteiger partial charge in [0.25, 0.3) is 5.91 Å². The van der Waals surface area contributed by atoms with Gasteiger partial charge in [-0.25, -0.2) is 0 Å². The van der Waals surface area contributed by atoms with Crippen molar-refractivity contribution in [3.05, 3.63) is 72.9 Å². The molecule has 6 heteroatoms. The SMILES string of the molecule is CC(Oc1ccccc1)C(=O)NCc1nccnc1-c1ccncc1. The van der Waals surface area contributed by atoms with E-state index in [4.69, 9.17) is 4.74 Å². The Kier molecular flexibility index (Phi) is 5.31. The molecule has 0 spiro atoms. The van der Waals surface area contributed by atoms with E-state index in [1.54, 1.807) is 31.7 Å². The Morgan fingerprint density at radius 2 is 1.76 bits per heavy atom. The highest BCUT2D eigenvalue weighted by Gasteiger charge is 2.16. The molecule has 1 unspecified atom stereocenters. The van der Waals surface area contributed by atoms with E-state index in [1.807, 2.05) is 42.5 Å². The Balaban J connectivity index is 1.65. The first-order valence-corrected chi connectivity index (χ1v) is 7.94. The fourth-order valence-corrected chi connectivity index (χ4v) is 2.32. The van der Waals surface area contributed by atoms with Crippen molar-refractivity contribution < 1.29 is 9.53 Å². The van der Waals surface area contributed by atoms with Crippen LogP contribution in [0, 0.1) is 0 Å². The molecule has 126 valence electrons. The number of nitrogens with one attached hydrogen (secondary N) is 1. The van der Waals surface area contributed by atoms with Gasteiger partial charge in [-0.1, -0.05) is 18.2 Å². The van der Waals surface area contributed by atoms with Crippen LogP contribution in [0.1, 0.15) is 12.6 Å². The molecule has 2 heterocycles. The predicted molar refractivity (Wildman–Crippen MR) is 93.6 cm³/mol. The largest absolute Gasteiger partial charge is 0.481 e. The van der Waals surface area contributed by atoms with Gasteiger partial charge in [0.15, 0.2) is 6.10 Å². The third-order valence-electron chi connectivity index (χ3n) is 3.58. The number of nitrogens with zero attached hydrogens (tertiary/aromatic N) is 3. The minimum absolute atomic E-state index is 0.213. The van der Waals surface area contributed by atoms with Crippen LogP contribution in [0.3, 0.4) is 0 Å². The molecule has 3 rings (SSSR count). The maximum Gasteiger partial charge on any atom is 0.261 e. The third-order valence-corrected chi connectivity index (χ3v) is 3.58. The van der Waals surface area contributed by atoms with E-state index in [0.29, 0.717) is 11.4 Å². The molecule has 1 N–H and O–H groups in total. The smallest absolute Gasteiger partial charge is 0.261 e. The number of rotatable bonds is 6. The summed E-state index contributed by atoms with van der Waals surface area (Å²) in [7, 11) is 0. The molecular formula is C19H18N4O2. The van der Waals surface area contributed by atoms with Crippen LogP contribution in [-0.2, 0) is 11.3 Å². The Hall–Kier alpha value is -3.28. The number of amides is 1. The van der Waals surface area contributed by atoms with Gasteiger partial charge in [0.1, 0.15) is 5.75 Å². The number of para-hydroxylation sites is 1. The summed E-state index contributed by atoms with van der Waals surface area (Å²) in [5.74, 6) is 0.442. The van der Waals surface area contributed by atoms with Gasteiger partial charge in [-0.05, 0) is 31.2 Å². The number of hydrogen-bond acceptors (Lipinski definition) is 5. The van der Waals surface area contributed by atoms with Crippen LogP contribution in [0.15, 0.2) is 67.3 Å². The van der Waals surface area contributed by atoms with E-state index < -0.39 is 6.10 Å². The van der Waals surface area contributed by atoms with Crippen LogP contribution in [0.25, 0.3) is 11.3 Å². The lowest BCUT2D eigenvalue weighted by molar-refractivity contribution is -0.127. The molecule has 0 fully saturated rings. The Bertz CT molecular complexity index is 825. The second kappa shape index (κ2) is 8.01. The van der Waals surface area contributed by atoms with Crippen molar-refractivity contribution in [1.82, 2.24) is 20.3 Å². The molecular weight excluding hydrogens is 316 g/mol. The van der Waals surface area contributed by atoms with Gasteiger partial charge in [-0.2, -0.15) is 0 Å². The third kappa shape index (κ3) is 4.38. The molecule has 2 aromatic heterocycles. The summed E-state index contributed by atoms with van der Waals surface area (Å²) in [6.07, 6.45) is 6.02. The number of pyridine rings is 1. The topological polar surface area (TPSA) is 77.0 Å². The van der Waals surface area contributed by atoms with Crippen LogP contribution < -0.4 is 10.1 Å². The molecule has 6 nitrogen and oxygen atoms in total. The fourth-order valence-electron chi connectivity index (χ4n) is 2.32. The predicted octanol–water partition coefficient (Wildman–Crippen LogP) is 2.62. The van der Waals surface area contributed by atoms with E-state index in [-0.39, 0.29) is 12.5 Å². The highest BCUT2D eigenvalue weighted by atomic mass is 16.5. The number of ether oxygens (including phenoxy) is 1. The lowest BCUT2D eigenvalue weighted by Crippen LogP contribution is -2.36. The molecule has 0 aliphatic carbocycles. The van der Waals surface area contributed by atoms with Crippen molar-refractivity contribution in [2.75, 3.05) is 0 Å². The summed E-state index contributed by atoms with van der Waals surface area (Å²) in [4.78, 5) is 25.0. The zero-order chi connectivity index (χ0) is 17.5. The second-order valence-corrected chi connectivity index (χ2v) is 5.38. The average Bonchev–Trinajstić information content (AvgIpc) is 2.68. The normalized spacial score (nSPS) is 11.6. The maximum absolute atomic E-state index is 12.3. The van der Waals surface area contributed by atoms with Crippen molar-refractivity contribution >= 4 is 5.91 Å². The second-order valence-electron chi connectivity index (χ2n) is 5.38. The highest BCUT2D eigenvalue weighted by Crippen LogP contribution is 2.18. The molecule has 1 amide bonds. The summed E-state index contributed by atoms with van der Waals surface area (Å²) in [6.45, 7) is 1.98.